The topological polar surface area (TPSA) is 47.9 Å². The lowest BCUT2D eigenvalue weighted by molar-refractivity contribution is 0.357. The highest BCUT2D eigenvalue weighted by molar-refractivity contribution is 7.80. The van der Waals surface area contributed by atoms with Crippen molar-refractivity contribution in [2.75, 3.05) is 11.9 Å². The first-order valence-electron chi connectivity index (χ1n) is 6.83. The Balaban J connectivity index is 1.75. The number of nitrogens with one attached hydrogen (secondary N) is 2. The van der Waals surface area contributed by atoms with Crippen molar-refractivity contribution in [3.8, 4) is 6.07 Å². The van der Waals surface area contributed by atoms with Crippen molar-refractivity contribution in [2.24, 2.45) is 5.92 Å². The van der Waals surface area contributed by atoms with Crippen LogP contribution in [0.5, 0.6) is 0 Å². The van der Waals surface area contributed by atoms with Gasteiger partial charge in [0.1, 0.15) is 0 Å². The molecule has 1 fully saturated rings. The van der Waals surface area contributed by atoms with Crippen molar-refractivity contribution >= 4 is 23.0 Å². The van der Waals surface area contributed by atoms with E-state index >= 15 is 0 Å². The molecule has 0 unspecified atom stereocenters. The van der Waals surface area contributed by atoms with Gasteiger partial charge in [-0.15, -0.1) is 0 Å². The highest BCUT2D eigenvalue weighted by Gasteiger charge is 2.13. The Labute approximate surface area is 120 Å². The highest BCUT2D eigenvalue weighted by Crippen LogP contribution is 2.22. The molecule has 19 heavy (non-hydrogen) atoms. The Bertz CT molecular complexity index is 455. The summed E-state index contributed by atoms with van der Waals surface area (Å²) in [5.41, 5.74) is 1.58. The SMILES string of the molecule is N#Cc1ccc(NC(=S)NCC2CCCCC2)cc1. The van der Waals surface area contributed by atoms with Crippen molar-refractivity contribution in [1.29, 1.82) is 5.26 Å². The second kappa shape index (κ2) is 7.10. The summed E-state index contributed by atoms with van der Waals surface area (Å²) in [7, 11) is 0. The summed E-state index contributed by atoms with van der Waals surface area (Å²) in [6, 6.07) is 9.40. The maximum Gasteiger partial charge on any atom is 0.170 e. The maximum atomic E-state index is 8.73. The molecule has 1 aliphatic carbocycles. The molecule has 2 rings (SSSR count). The van der Waals surface area contributed by atoms with Crippen LogP contribution in [0.3, 0.4) is 0 Å². The van der Waals surface area contributed by atoms with Crippen LogP contribution in [0, 0.1) is 17.2 Å². The first-order chi connectivity index (χ1) is 9.28. The summed E-state index contributed by atoms with van der Waals surface area (Å²) in [5.74, 6) is 0.759. The Morgan fingerprint density at radius 2 is 1.89 bits per heavy atom. The fourth-order valence-electron chi connectivity index (χ4n) is 2.43. The summed E-state index contributed by atoms with van der Waals surface area (Å²) in [6.07, 6.45) is 6.70. The first kappa shape index (κ1) is 13.8. The van der Waals surface area contributed by atoms with Gasteiger partial charge in [-0.1, -0.05) is 19.3 Å². The number of rotatable bonds is 3. The van der Waals surface area contributed by atoms with Crippen LogP contribution in [0.25, 0.3) is 0 Å². The van der Waals surface area contributed by atoms with E-state index in [1.165, 1.54) is 32.1 Å². The second-order valence-electron chi connectivity index (χ2n) is 5.03. The zero-order chi connectivity index (χ0) is 13.5. The van der Waals surface area contributed by atoms with Gasteiger partial charge in [0.15, 0.2) is 5.11 Å². The van der Waals surface area contributed by atoms with Crippen LogP contribution in [0.2, 0.25) is 0 Å². The molecule has 3 nitrogen and oxygen atoms in total. The molecule has 1 aromatic rings. The van der Waals surface area contributed by atoms with Gasteiger partial charge < -0.3 is 10.6 Å². The van der Waals surface area contributed by atoms with Crippen LogP contribution in [-0.2, 0) is 0 Å². The van der Waals surface area contributed by atoms with Crippen LogP contribution in [0.1, 0.15) is 37.7 Å². The zero-order valence-electron chi connectivity index (χ0n) is 11.0. The Hall–Kier alpha value is -1.60. The van der Waals surface area contributed by atoms with Crippen LogP contribution < -0.4 is 10.6 Å². The summed E-state index contributed by atoms with van der Waals surface area (Å²) < 4.78 is 0. The molecular weight excluding hydrogens is 254 g/mol. The summed E-state index contributed by atoms with van der Waals surface area (Å²) >= 11 is 5.28. The Morgan fingerprint density at radius 3 is 2.53 bits per heavy atom. The Morgan fingerprint density at radius 1 is 1.21 bits per heavy atom. The average molecular weight is 273 g/mol. The second-order valence-corrected chi connectivity index (χ2v) is 5.44. The Kier molecular flexibility index (Phi) is 5.17. The molecule has 0 atom stereocenters. The molecule has 0 bridgehead atoms. The number of anilines is 1. The molecule has 0 saturated heterocycles. The summed E-state index contributed by atoms with van der Waals surface area (Å²) in [5, 5.41) is 15.8. The number of nitrogens with zero attached hydrogens (tertiary/aromatic N) is 1. The monoisotopic (exact) mass is 273 g/mol. The molecule has 0 heterocycles. The third-order valence-electron chi connectivity index (χ3n) is 3.55. The predicted molar refractivity (Wildman–Crippen MR) is 82.0 cm³/mol. The van der Waals surface area contributed by atoms with Crippen LogP contribution in [-0.4, -0.2) is 11.7 Å². The number of benzene rings is 1. The normalized spacial score (nSPS) is 15.5. The fraction of sp³-hybridized carbons (Fsp3) is 0.467. The van der Waals surface area contributed by atoms with Gasteiger partial charge in [0.05, 0.1) is 11.6 Å². The van der Waals surface area contributed by atoms with Gasteiger partial charge in [0.25, 0.3) is 0 Å². The molecule has 1 aromatic carbocycles. The van der Waals surface area contributed by atoms with E-state index in [1.807, 2.05) is 12.1 Å². The van der Waals surface area contributed by atoms with Crippen molar-refractivity contribution in [3.05, 3.63) is 29.8 Å². The van der Waals surface area contributed by atoms with Crippen LogP contribution in [0.4, 0.5) is 5.69 Å². The lowest BCUT2D eigenvalue weighted by atomic mass is 9.89. The van der Waals surface area contributed by atoms with Crippen molar-refractivity contribution in [1.82, 2.24) is 5.32 Å². The van der Waals surface area contributed by atoms with E-state index in [4.69, 9.17) is 17.5 Å². The molecule has 4 heteroatoms. The van der Waals surface area contributed by atoms with Gasteiger partial charge in [-0.25, -0.2) is 0 Å². The molecule has 0 aromatic heterocycles. The van der Waals surface area contributed by atoms with Crippen LogP contribution >= 0.6 is 12.2 Å². The average Bonchev–Trinajstić information content (AvgIpc) is 2.47. The van der Waals surface area contributed by atoms with Gasteiger partial charge in [0.2, 0.25) is 0 Å². The van der Waals surface area contributed by atoms with Crippen molar-refractivity contribution in [3.63, 3.8) is 0 Å². The zero-order valence-corrected chi connectivity index (χ0v) is 11.8. The first-order valence-corrected chi connectivity index (χ1v) is 7.24. The number of nitriles is 1. The number of thiocarbonyl (C=S) groups is 1. The van der Waals surface area contributed by atoms with Gasteiger partial charge in [-0.3, -0.25) is 0 Å². The lowest BCUT2D eigenvalue weighted by Gasteiger charge is -2.22. The standard InChI is InChI=1S/C15H19N3S/c16-10-12-6-8-14(9-7-12)18-15(19)17-11-13-4-2-1-3-5-13/h6-9,13H,1-5,11H2,(H2,17,18,19). The molecular formula is C15H19N3S. The van der Waals surface area contributed by atoms with Gasteiger partial charge in [-0.05, 0) is 55.2 Å². The van der Waals surface area contributed by atoms with Crippen molar-refractivity contribution in [2.45, 2.75) is 32.1 Å². The lowest BCUT2D eigenvalue weighted by Crippen LogP contribution is -2.33. The molecule has 0 aliphatic heterocycles. The van der Waals surface area contributed by atoms with Crippen molar-refractivity contribution < 1.29 is 0 Å². The van der Waals surface area contributed by atoms with E-state index in [2.05, 4.69) is 16.7 Å². The smallest absolute Gasteiger partial charge is 0.170 e. The number of hydrogen-bond donors (Lipinski definition) is 2. The van der Waals surface area contributed by atoms with E-state index in [9.17, 15) is 0 Å². The molecule has 2 N–H and O–H groups in total. The molecule has 0 spiro atoms. The van der Waals surface area contributed by atoms with E-state index in [0.29, 0.717) is 10.7 Å². The molecule has 0 amide bonds. The van der Waals surface area contributed by atoms with Gasteiger partial charge in [0, 0.05) is 12.2 Å². The molecule has 1 aliphatic rings. The van der Waals surface area contributed by atoms with Gasteiger partial charge in [-0.2, -0.15) is 5.26 Å². The minimum Gasteiger partial charge on any atom is -0.362 e. The van der Waals surface area contributed by atoms with E-state index in [1.54, 1.807) is 12.1 Å². The minimum absolute atomic E-state index is 0.659. The van der Waals surface area contributed by atoms with E-state index < -0.39 is 0 Å². The minimum atomic E-state index is 0.659. The summed E-state index contributed by atoms with van der Waals surface area (Å²) in [4.78, 5) is 0. The highest BCUT2D eigenvalue weighted by atomic mass is 32.1. The summed E-state index contributed by atoms with van der Waals surface area (Å²) in [6.45, 7) is 0.960. The molecule has 0 radical (unpaired) electrons. The fourth-order valence-corrected chi connectivity index (χ4v) is 2.63. The maximum absolute atomic E-state index is 8.73. The third-order valence-corrected chi connectivity index (χ3v) is 3.79. The quantitative estimate of drug-likeness (QED) is 0.828. The third kappa shape index (κ3) is 4.53. The molecule has 100 valence electrons. The number of hydrogen-bond acceptors (Lipinski definition) is 2. The predicted octanol–water partition coefficient (Wildman–Crippen LogP) is 3.42. The van der Waals surface area contributed by atoms with E-state index in [0.717, 1.165) is 18.2 Å². The van der Waals surface area contributed by atoms with E-state index in [-0.39, 0.29) is 0 Å². The molecule has 1 saturated carbocycles. The largest absolute Gasteiger partial charge is 0.362 e. The van der Waals surface area contributed by atoms with Gasteiger partial charge >= 0.3 is 0 Å². The van der Waals surface area contributed by atoms with Crippen LogP contribution in [0.15, 0.2) is 24.3 Å².